The Bertz CT molecular complexity index is 710. The summed E-state index contributed by atoms with van der Waals surface area (Å²) in [6, 6.07) is 11.4. The highest BCUT2D eigenvalue weighted by Gasteiger charge is 2.51. The van der Waals surface area contributed by atoms with Crippen LogP contribution in [0.3, 0.4) is 0 Å². The predicted molar refractivity (Wildman–Crippen MR) is 128 cm³/mol. The van der Waals surface area contributed by atoms with Crippen molar-refractivity contribution in [1.82, 2.24) is 15.1 Å². The quantitative estimate of drug-likeness (QED) is 0.472. The maximum absolute atomic E-state index is 9.32. The van der Waals surface area contributed by atoms with E-state index in [0.717, 1.165) is 24.5 Å². The van der Waals surface area contributed by atoms with Crippen molar-refractivity contribution in [2.24, 2.45) is 15.4 Å². The molecule has 3 rings (SSSR count). The SMILES string of the molecule is C=N/C=C(\C=N/CN(CCO)CCNC1CC2(C1)CN(Cc1ccccc1)C2)SC. The van der Waals surface area contributed by atoms with Crippen LogP contribution in [0.4, 0.5) is 0 Å². The van der Waals surface area contributed by atoms with Gasteiger partial charge in [0.25, 0.3) is 0 Å². The molecule has 0 atom stereocenters. The van der Waals surface area contributed by atoms with E-state index in [4.69, 9.17) is 0 Å². The number of aliphatic imine (C=N–C) groups is 2. The van der Waals surface area contributed by atoms with E-state index in [1.54, 1.807) is 18.0 Å². The van der Waals surface area contributed by atoms with E-state index in [1.165, 1.54) is 31.5 Å². The van der Waals surface area contributed by atoms with Crippen LogP contribution >= 0.6 is 11.8 Å². The Hall–Kier alpha value is -1.51. The van der Waals surface area contributed by atoms with Gasteiger partial charge >= 0.3 is 0 Å². The molecule has 1 heterocycles. The maximum Gasteiger partial charge on any atom is 0.0911 e. The van der Waals surface area contributed by atoms with Crippen molar-refractivity contribution in [1.29, 1.82) is 0 Å². The number of thioether (sulfide) groups is 1. The zero-order valence-corrected chi connectivity index (χ0v) is 18.9. The molecule has 2 N–H and O–H groups in total. The third-order valence-corrected chi connectivity index (χ3v) is 6.64. The molecule has 1 aromatic rings. The summed E-state index contributed by atoms with van der Waals surface area (Å²) in [7, 11) is 0. The Kier molecular flexibility index (Phi) is 9.08. The summed E-state index contributed by atoms with van der Waals surface area (Å²) in [5.41, 5.74) is 1.97. The highest BCUT2D eigenvalue weighted by atomic mass is 32.2. The minimum Gasteiger partial charge on any atom is -0.395 e. The van der Waals surface area contributed by atoms with Crippen LogP contribution in [-0.2, 0) is 6.54 Å². The molecule has 2 aliphatic rings. The van der Waals surface area contributed by atoms with Crippen LogP contribution in [0.2, 0.25) is 0 Å². The van der Waals surface area contributed by atoms with Gasteiger partial charge in [0.2, 0.25) is 0 Å². The Morgan fingerprint density at radius 1 is 1.33 bits per heavy atom. The van der Waals surface area contributed by atoms with Gasteiger partial charge in [0.15, 0.2) is 0 Å². The van der Waals surface area contributed by atoms with Gasteiger partial charge in [0.1, 0.15) is 0 Å². The average Bonchev–Trinajstić information content (AvgIpc) is 2.70. The molecule has 1 saturated heterocycles. The summed E-state index contributed by atoms with van der Waals surface area (Å²) in [6.45, 7) is 10.2. The number of hydrogen-bond donors (Lipinski definition) is 2. The largest absolute Gasteiger partial charge is 0.395 e. The third-order valence-electron chi connectivity index (χ3n) is 5.96. The van der Waals surface area contributed by atoms with Gasteiger partial charge in [-0.25, -0.2) is 0 Å². The van der Waals surface area contributed by atoms with E-state index in [1.807, 2.05) is 12.5 Å². The molecule has 0 radical (unpaired) electrons. The van der Waals surface area contributed by atoms with Crippen molar-refractivity contribution < 1.29 is 5.11 Å². The number of rotatable bonds is 13. The van der Waals surface area contributed by atoms with Crippen molar-refractivity contribution in [3.05, 3.63) is 47.0 Å². The molecule has 1 aromatic carbocycles. The highest BCUT2D eigenvalue weighted by molar-refractivity contribution is 8.03. The van der Waals surface area contributed by atoms with E-state index >= 15 is 0 Å². The Morgan fingerprint density at radius 2 is 2.10 bits per heavy atom. The fraction of sp³-hybridized carbons (Fsp3) is 0.565. The summed E-state index contributed by atoms with van der Waals surface area (Å²) < 4.78 is 0. The van der Waals surface area contributed by atoms with Gasteiger partial charge in [-0.05, 0) is 36.8 Å². The van der Waals surface area contributed by atoms with Gasteiger partial charge in [-0.2, -0.15) is 0 Å². The van der Waals surface area contributed by atoms with Crippen LogP contribution in [0.1, 0.15) is 18.4 Å². The summed E-state index contributed by atoms with van der Waals surface area (Å²) in [4.78, 5) is 14.0. The van der Waals surface area contributed by atoms with E-state index in [2.05, 4.69) is 62.2 Å². The molecule has 0 bridgehead atoms. The van der Waals surface area contributed by atoms with Gasteiger partial charge in [-0.15, -0.1) is 11.8 Å². The maximum atomic E-state index is 9.32. The monoisotopic (exact) mass is 429 g/mol. The molecule has 164 valence electrons. The minimum atomic E-state index is 0.152. The standard InChI is InChI=1S/C23H35N5OS/c1-24-14-22(30-2)15-25-19-27(10-11-29)9-8-26-21-12-23(13-21)17-28(18-23)16-20-6-4-3-5-7-20/h3-7,14-15,21,26,29H,1,8-13,16-19H2,2H3/b22-14+,25-15-. The second-order valence-corrected chi connectivity index (χ2v) is 9.28. The lowest BCUT2D eigenvalue weighted by Crippen LogP contribution is -2.65. The number of aliphatic hydroxyl groups is 1. The van der Waals surface area contributed by atoms with Gasteiger partial charge in [-0.1, -0.05) is 30.3 Å². The molecule has 1 spiro atoms. The Balaban J connectivity index is 1.30. The first-order valence-corrected chi connectivity index (χ1v) is 11.9. The summed E-state index contributed by atoms with van der Waals surface area (Å²) in [6.07, 6.45) is 8.09. The number of benzene rings is 1. The van der Waals surface area contributed by atoms with Crippen molar-refractivity contribution >= 4 is 24.7 Å². The number of allylic oxidation sites excluding steroid dienone is 1. The lowest BCUT2D eigenvalue weighted by Gasteiger charge is -2.59. The topological polar surface area (TPSA) is 63.5 Å². The zero-order chi connectivity index (χ0) is 21.2. The molecule has 30 heavy (non-hydrogen) atoms. The van der Waals surface area contributed by atoms with Gasteiger partial charge in [0.05, 0.1) is 13.3 Å². The van der Waals surface area contributed by atoms with E-state index in [0.29, 0.717) is 24.7 Å². The van der Waals surface area contributed by atoms with Crippen molar-refractivity contribution in [2.45, 2.75) is 25.4 Å². The molecular weight excluding hydrogens is 394 g/mol. The molecule has 1 aliphatic heterocycles. The van der Waals surface area contributed by atoms with Crippen LogP contribution in [0.15, 0.2) is 51.4 Å². The number of likely N-dealkylation sites (tertiary alicyclic amines) is 1. The number of nitrogens with zero attached hydrogens (tertiary/aromatic N) is 4. The first kappa shape index (κ1) is 23.2. The first-order chi connectivity index (χ1) is 14.7. The summed E-state index contributed by atoms with van der Waals surface area (Å²) in [5, 5.41) is 13.0. The van der Waals surface area contributed by atoms with Gasteiger partial charge in [-0.3, -0.25) is 19.8 Å². The molecule has 0 unspecified atom stereocenters. The number of nitrogens with one attached hydrogen (secondary N) is 1. The molecule has 1 saturated carbocycles. The van der Waals surface area contributed by atoms with E-state index in [-0.39, 0.29) is 6.61 Å². The predicted octanol–water partition coefficient (Wildman–Crippen LogP) is 2.47. The number of aliphatic hydroxyl groups excluding tert-OH is 1. The molecule has 1 aliphatic carbocycles. The first-order valence-electron chi connectivity index (χ1n) is 10.7. The zero-order valence-electron chi connectivity index (χ0n) is 18.0. The molecular formula is C23H35N5OS. The highest BCUT2D eigenvalue weighted by Crippen LogP contribution is 2.48. The van der Waals surface area contributed by atoms with E-state index < -0.39 is 0 Å². The van der Waals surface area contributed by atoms with Gasteiger partial charge < -0.3 is 10.4 Å². The van der Waals surface area contributed by atoms with Crippen molar-refractivity contribution in [3.63, 3.8) is 0 Å². The van der Waals surface area contributed by atoms with Crippen LogP contribution in [0.5, 0.6) is 0 Å². The van der Waals surface area contributed by atoms with Crippen LogP contribution < -0.4 is 5.32 Å². The van der Waals surface area contributed by atoms with Crippen molar-refractivity contribution in [3.8, 4) is 0 Å². The smallest absolute Gasteiger partial charge is 0.0911 e. The van der Waals surface area contributed by atoms with Crippen LogP contribution in [0, 0.1) is 5.41 Å². The third kappa shape index (κ3) is 6.75. The summed E-state index contributed by atoms with van der Waals surface area (Å²) >= 11 is 1.59. The fourth-order valence-electron chi connectivity index (χ4n) is 4.54. The second-order valence-electron chi connectivity index (χ2n) is 8.40. The summed E-state index contributed by atoms with van der Waals surface area (Å²) in [5.74, 6) is 0. The normalized spacial score (nSPS) is 19.4. The molecule has 7 heteroatoms. The lowest BCUT2D eigenvalue weighted by molar-refractivity contribution is -0.0830. The second kappa shape index (κ2) is 11.8. The van der Waals surface area contributed by atoms with Crippen LogP contribution in [-0.4, -0.2) is 86.1 Å². The minimum absolute atomic E-state index is 0.152. The Labute approximate surface area is 185 Å². The lowest BCUT2D eigenvalue weighted by atomic mass is 9.60. The molecule has 0 aromatic heterocycles. The van der Waals surface area contributed by atoms with E-state index in [9.17, 15) is 5.11 Å². The van der Waals surface area contributed by atoms with Crippen molar-refractivity contribution in [2.75, 3.05) is 52.3 Å². The molecule has 6 nitrogen and oxygen atoms in total. The fourth-order valence-corrected chi connectivity index (χ4v) is 4.90. The Morgan fingerprint density at radius 3 is 2.77 bits per heavy atom. The molecule has 2 fully saturated rings. The number of hydrogen-bond acceptors (Lipinski definition) is 7. The van der Waals surface area contributed by atoms with Gasteiger partial charge in [0, 0.05) is 62.6 Å². The average molecular weight is 430 g/mol. The molecule has 0 amide bonds. The van der Waals surface area contributed by atoms with Crippen LogP contribution in [0.25, 0.3) is 0 Å².